The summed E-state index contributed by atoms with van der Waals surface area (Å²) in [5.74, 6) is -0.0243. The number of nitrogens with zero attached hydrogens (tertiary/aromatic N) is 1. The van der Waals surface area contributed by atoms with Gasteiger partial charge in [-0.3, -0.25) is 0 Å². The van der Waals surface area contributed by atoms with Gasteiger partial charge in [0.1, 0.15) is 5.75 Å². The molecular formula is C17H19ClN2O3S. The molecule has 0 aliphatic heterocycles. The fraction of sp³-hybridized carbons (Fsp3) is 0.235. The minimum absolute atomic E-state index is 0.0243. The van der Waals surface area contributed by atoms with Crippen molar-refractivity contribution in [3.63, 3.8) is 0 Å². The van der Waals surface area contributed by atoms with Gasteiger partial charge in [0.05, 0.1) is 10.6 Å². The maximum atomic E-state index is 12.3. The zero-order chi connectivity index (χ0) is 17.7. The third kappa shape index (κ3) is 4.49. The lowest BCUT2D eigenvalue weighted by Crippen LogP contribution is -2.20. The van der Waals surface area contributed by atoms with Crippen molar-refractivity contribution in [3.05, 3.63) is 58.6 Å². The molecule has 0 unspecified atom stereocenters. The van der Waals surface area contributed by atoms with Crippen LogP contribution in [0.2, 0.25) is 5.02 Å². The fourth-order valence-corrected chi connectivity index (χ4v) is 3.19. The predicted octanol–water partition coefficient (Wildman–Crippen LogP) is 3.70. The van der Waals surface area contributed by atoms with Gasteiger partial charge >= 0.3 is 0 Å². The molecule has 2 rings (SSSR count). The standard InChI is InChI=1S/C17H19ClN2O3S/c1-3-4-13-5-8-15(9-6-13)24(22,23)20-19-12(2)16-11-14(18)7-10-17(16)21/h5-11,20-21H,3-4H2,1-2H3/b19-12-. The molecule has 0 atom stereocenters. The van der Waals surface area contributed by atoms with E-state index in [2.05, 4.69) is 16.9 Å². The van der Waals surface area contributed by atoms with Crippen molar-refractivity contribution >= 4 is 27.3 Å². The largest absolute Gasteiger partial charge is 0.507 e. The van der Waals surface area contributed by atoms with Crippen LogP contribution in [0, 0.1) is 0 Å². The summed E-state index contributed by atoms with van der Waals surface area (Å²) in [6.45, 7) is 3.65. The Morgan fingerprint density at radius 1 is 1.21 bits per heavy atom. The van der Waals surface area contributed by atoms with E-state index >= 15 is 0 Å². The van der Waals surface area contributed by atoms with Crippen LogP contribution < -0.4 is 4.83 Å². The molecule has 128 valence electrons. The molecule has 0 aromatic heterocycles. The van der Waals surface area contributed by atoms with E-state index in [4.69, 9.17) is 11.6 Å². The molecule has 0 amide bonds. The first-order chi connectivity index (χ1) is 11.3. The highest BCUT2D eigenvalue weighted by molar-refractivity contribution is 7.89. The van der Waals surface area contributed by atoms with E-state index in [1.54, 1.807) is 31.2 Å². The van der Waals surface area contributed by atoms with E-state index in [1.165, 1.54) is 18.2 Å². The van der Waals surface area contributed by atoms with Crippen LogP contribution in [0.1, 0.15) is 31.4 Å². The lowest BCUT2D eigenvalue weighted by atomic mass is 10.1. The molecule has 0 heterocycles. The Hall–Kier alpha value is -2.05. The number of hydrogen-bond donors (Lipinski definition) is 2. The number of halogens is 1. The number of aryl methyl sites for hydroxylation is 1. The highest BCUT2D eigenvalue weighted by Gasteiger charge is 2.13. The zero-order valence-electron chi connectivity index (χ0n) is 13.5. The number of phenolic OH excluding ortho intramolecular Hbond substituents is 1. The van der Waals surface area contributed by atoms with Crippen molar-refractivity contribution in [1.82, 2.24) is 4.83 Å². The molecule has 2 aromatic carbocycles. The molecule has 0 spiro atoms. The second-order valence-electron chi connectivity index (χ2n) is 5.35. The molecule has 5 nitrogen and oxygen atoms in total. The van der Waals surface area contributed by atoms with Gasteiger partial charge in [-0.25, -0.2) is 0 Å². The van der Waals surface area contributed by atoms with Crippen LogP contribution in [0.4, 0.5) is 0 Å². The monoisotopic (exact) mass is 366 g/mol. The van der Waals surface area contributed by atoms with Crippen LogP contribution in [0.25, 0.3) is 0 Å². The maximum absolute atomic E-state index is 12.3. The number of hydrogen-bond acceptors (Lipinski definition) is 4. The summed E-state index contributed by atoms with van der Waals surface area (Å²) >= 11 is 5.88. The highest BCUT2D eigenvalue weighted by atomic mass is 35.5. The Morgan fingerprint density at radius 2 is 1.88 bits per heavy atom. The molecule has 0 saturated heterocycles. The molecule has 0 bridgehead atoms. The lowest BCUT2D eigenvalue weighted by molar-refractivity contribution is 0.474. The normalized spacial score (nSPS) is 12.2. The SMILES string of the molecule is CCCc1ccc(S(=O)(=O)N/N=C(/C)c2cc(Cl)ccc2O)cc1. The van der Waals surface area contributed by atoms with Crippen molar-refractivity contribution in [3.8, 4) is 5.75 Å². The van der Waals surface area contributed by atoms with Gasteiger partial charge in [0, 0.05) is 10.6 Å². The first-order valence-corrected chi connectivity index (χ1v) is 9.33. The average molecular weight is 367 g/mol. The minimum atomic E-state index is -3.77. The maximum Gasteiger partial charge on any atom is 0.276 e. The number of aromatic hydroxyl groups is 1. The van der Waals surface area contributed by atoms with E-state index in [9.17, 15) is 13.5 Å². The fourth-order valence-electron chi connectivity index (χ4n) is 2.16. The van der Waals surface area contributed by atoms with Crippen molar-refractivity contribution in [1.29, 1.82) is 0 Å². The summed E-state index contributed by atoms with van der Waals surface area (Å²) in [6.07, 6.45) is 1.90. The molecule has 0 aliphatic carbocycles. The zero-order valence-corrected chi connectivity index (χ0v) is 15.0. The summed E-state index contributed by atoms with van der Waals surface area (Å²) in [4.78, 5) is 2.31. The molecular weight excluding hydrogens is 348 g/mol. The molecule has 2 N–H and O–H groups in total. The van der Waals surface area contributed by atoms with Gasteiger partial charge in [-0.2, -0.15) is 18.4 Å². The Labute approximate surface area is 147 Å². The van der Waals surface area contributed by atoms with Crippen LogP contribution in [0.15, 0.2) is 52.5 Å². The van der Waals surface area contributed by atoms with Crippen LogP contribution in [-0.2, 0) is 16.4 Å². The van der Waals surface area contributed by atoms with Gasteiger partial charge in [0.2, 0.25) is 0 Å². The van der Waals surface area contributed by atoms with Gasteiger partial charge in [-0.05, 0) is 49.2 Å². The smallest absolute Gasteiger partial charge is 0.276 e. The van der Waals surface area contributed by atoms with Gasteiger partial charge in [-0.15, -0.1) is 0 Å². The summed E-state index contributed by atoms with van der Waals surface area (Å²) in [5.41, 5.74) is 1.75. The third-order valence-electron chi connectivity index (χ3n) is 3.45. The number of phenols is 1. The first-order valence-electron chi connectivity index (χ1n) is 7.47. The number of rotatable bonds is 6. The van der Waals surface area contributed by atoms with Gasteiger partial charge < -0.3 is 5.11 Å². The van der Waals surface area contributed by atoms with Gasteiger partial charge in [-0.1, -0.05) is 37.1 Å². The van der Waals surface area contributed by atoms with E-state index in [-0.39, 0.29) is 10.6 Å². The lowest BCUT2D eigenvalue weighted by Gasteiger charge is -2.08. The molecule has 0 saturated carbocycles. The third-order valence-corrected chi connectivity index (χ3v) is 4.91. The Morgan fingerprint density at radius 3 is 2.50 bits per heavy atom. The summed E-state index contributed by atoms with van der Waals surface area (Å²) in [7, 11) is -3.77. The van der Waals surface area contributed by atoms with Crippen LogP contribution in [0.5, 0.6) is 5.75 Å². The summed E-state index contributed by atoms with van der Waals surface area (Å²) in [6, 6.07) is 11.2. The average Bonchev–Trinajstić information content (AvgIpc) is 2.56. The Kier molecular flexibility index (Phi) is 5.85. The van der Waals surface area contributed by atoms with Crippen LogP contribution in [-0.4, -0.2) is 19.2 Å². The van der Waals surface area contributed by atoms with Crippen molar-refractivity contribution in [2.45, 2.75) is 31.6 Å². The molecule has 0 aliphatic rings. The number of sulfonamides is 1. The van der Waals surface area contributed by atoms with Crippen molar-refractivity contribution < 1.29 is 13.5 Å². The van der Waals surface area contributed by atoms with E-state index < -0.39 is 10.0 Å². The second kappa shape index (κ2) is 7.68. The number of nitrogens with one attached hydrogen (secondary N) is 1. The molecule has 24 heavy (non-hydrogen) atoms. The first kappa shape index (κ1) is 18.3. The van der Waals surface area contributed by atoms with E-state index in [0.29, 0.717) is 16.3 Å². The second-order valence-corrected chi connectivity index (χ2v) is 7.44. The quantitative estimate of drug-likeness (QED) is 0.604. The van der Waals surface area contributed by atoms with Crippen molar-refractivity contribution in [2.24, 2.45) is 5.10 Å². The Bertz CT molecular complexity index is 847. The highest BCUT2D eigenvalue weighted by Crippen LogP contribution is 2.22. The topological polar surface area (TPSA) is 78.8 Å². The molecule has 0 radical (unpaired) electrons. The number of hydrazone groups is 1. The minimum Gasteiger partial charge on any atom is -0.507 e. The number of benzene rings is 2. The Balaban J connectivity index is 2.20. The predicted molar refractivity (Wildman–Crippen MR) is 96.1 cm³/mol. The van der Waals surface area contributed by atoms with Crippen LogP contribution in [0.3, 0.4) is 0 Å². The van der Waals surface area contributed by atoms with Gasteiger partial charge in [0.15, 0.2) is 0 Å². The van der Waals surface area contributed by atoms with E-state index in [1.807, 2.05) is 0 Å². The molecule has 7 heteroatoms. The molecule has 0 fully saturated rings. The van der Waals surface area contributed by atoms with Gasteiger partial charge in [0.25, 0.3) is 10.0 Å². The van der Waals surface area contributed by atoms with E-state index in [0.717, 1.165) is 18.4 Å². The molecule has 2 aromatic rings. The van der Waals surface area contributed by atoms with Crippen molar-refractivity contribution in [2.75, 3.05) is 0 Å². The van der Waals surface area contributed by atoms with Crippen LogP contribution >= 0.6 is 11.6 Å². The summed E-state index contributed by atoms with van der Waals surface area (Å²) in [5, 5.41) is 14.1. The summed E-state index contributed by atoms with van der Waals surface area (Å²) < 4.78 is 24.6.